The highest BCUT2D eigenvalue weighted by Gasteiger charge is 2.46. The monoisotopic (exact) mass is 320 g/mol. The third kappa shape index (κ3) is 3.40. The van der Waals surface area contributed by atoms with Gasteiger partial charge in [0.1, 0.15) is 5.82 Å². The Balaban J connectivity index is 1.80. The number of carbonyl (C=O) groups is 1. The first-order valence-corrected chi connectivity index (χ1v) is 8.41. The van der Waals surface area contributed by atoms with Crippen molar-refractivity contribution in [3.8, 4) is 0 Å². The molecule has 0 bridgehead atoms. The molecular weight excluding hydrogens is 295 g/mol. The van der Waals surface area contributed by atoms with Crippen LogP contribution in [0.5, 0.6) is 0 Å². The van der Waals surface area contributed by atoms with E-state index >= 15 is 0 Å². The molecule has 0 radical (unpaired) electrons. The van der Waals surface area contributed by atoms with Gasteiger partial charge in [-0.2, -0.15) is 0 Å². The molecule has 0 saturated carbocycles. The van der Waals surface area contributed by atoms with Crippen molar-refractivity contribution < 1.29 is 13.9 Å². The minimum absolute atomic E-state index is 0.103. The maximum absolute atomic E-state index is 13.1. The van der Waals surface area contributed by atoms with E-state index < -0.39 is 0 Å². The lowest BCUT2D eigenvalue weighted by Gasteiger charge is -2.34. The van der Waals surface area contributed by atoms with Crippen molar-refractivity contribution in [1.29, 1.82) is 0 Å². The smallest absolute Gasteiger partial charge is 0.227 e. The van der Waals surface area contributed by atoms with E-state index in [-0.39, 0.29) is 17.1 Å². The number of halogens is 1. The van der Waals surface area contributed by atoms with Crippen molar-refractivity contribution in [1.82, 2.24) is 4.90 Å². The first-order chi connectivity index (χ1) is 11.0. The van der Waals surface area contributed by atoms with Gasteiger partial charge in [0.2, 0.25) is 5.91 Å². The van der Waals surface area contributed by atoms with Gasteiger partial charge in [-0.15, -0.1) is 0 Å². The minimum Gasteiger partial charge on any atom is -0.379 e. The van der Waals surface area contributed by atoms with Gasteiger partial charge in [0.15, 0.2) is 0 Å². The number of anilines is 1. The number of nitrogens with zero attached hydrogens (tertiary/aromatic N) is 2. The number of carbonyl (C=O) groups excluding carboxylic acids is 1. The van der Waals surface area contributed by atoms with Crippen molar-refractivity contribution in [2.24, 2.45) is 5.41 Å². The minimum atomic E-state index is -0.282. The quantitative estimate of drug-likeness (QED) is 0.858. The Hall–Kier alpha value is -1.46. The van der Waals surface area contributed by atoms with Gasteiger partial charge in [0.25, 0.3) is 0 Å². The summed E-state index contributed by atoms with van der Waals surface area (Å²) in [5.74, 6) is -0.179. The molecule has 0 N–H and O–H groups in total. The predicted octanol–water partition coefficient (Wildman–Crippen LogP) is 2.68. The van der Waals surface area contributed by atoms with Crippen LogP contribution in [0.2, 0.25) is 0 Å². The summed E-state index contributed by atoms with van der Waals surface area (Å²) >= 11 is 0. The van der Waals surface area contributed by atoms with Crippen LogP contribution in [0.3, 0.4) is 0 Å². The van der Waals surface area contributed by atoms with Gasteiger partial charge in [0, 0.05) is 43.2 Å². The molecule has 1 aromatic carbocycles. The maximum Gasteiger partial charge on any atom is 0.227 e. The fourth-order valence-corrected chi connectivity index (χ4v) is 3.62. The predicted molar refractivity (Wildman–Crippen MR) is 87.9 cm³/mol. The van der Waals surface area contributed by atoms with Gasteiger partial charge >= 0.3 is 0 Å². The third-order valence-electron chi connectivity index (χ3n) is 5.14. The van der Waals surface area contributed by atoms with Crippen LogP contribution in [0.25, 0.3) is 0 Å². The Morgan fingerprint density at radius 3 is 2.74 bits per heavy atom. The van der Waals surface area contributed by atoms with E-state index in [1.165, 1.54) is 12.1 Å². The Morgan fingerprint density at radius 2 is 2.04 bits per heavy atom. The van der Waals surface area contributed by atoms with Crippen molar-refractivity contribution >= 4 is 11.6 Å². The van der Waals surface area contributed by atoms with Crippen molar-refractivity contribution in [3.05, 3.63) is 30.1 Å². The first kappa shape index (κ1) is 16.4. The second-order valence-corrected chi connectivity index (χ2v) is 6.91. The van der Waals surface area contributed by atoms with Crippen LogP contribution in [0, 0.1) is 11.2 Å². The number of benzene rings is 1. The molecule has 23 heavy (non-hydrogen) atoms. The van der Waals surface area contributed by atoms with Crippen LogP contribution in [-0.2, 0) is 9.53 Å². The zero-order chi connectivity index (χ0) is 16.4. The summed E-state index contributed by atoms with van der Waals surface area (Å²) in [5.41, 5.74) is 0.610. The third-order valence-corrected chi connectivity index (χ3v) is 5.14. The van der Waals surface area contributed by atoms with Crippen LogP contribution >= 0.6 is 0 Å². The normalized spacial score (nSPS) is 27.4. The molecule has 0 aromatic heterocycles. The summed E-state index contributed by atoms with van der Waals surface area (Å²) < 4.78 is 18.9. The lowest BCUT2D eigenvalue weighted by molar-refractivity contribution is -0.118. The Kier molecular flexibility index (Phi) is 4.69. The molecule has 0 aliphatic carbocycles. The summed E-state index contributed by atoms with van der Waals surface area (Å²) in [5, 5.41) is 0. The maximum atomic E-state index is 13.1. The molecule has 2 fully saturated rings. The highest BCUT2D eigenvalue weighted by molar-refractivity contribution is 5.96. The van der Waals surface area contributed by atoms with Crippen molar-refractivity contribution in [2.45, 2.75) is 32.7 Å². The van der Waals surface area contributed by atoms with E-state index in [9.17, 15) is 9.18 Å². The molecule has 2 atom stereocenters. The molecule has 2 unspecified atom stereocenters. The summed E-state index contributed by atoms with van der Waals surface area (Å²) in [6.45, 7) is 8.19. The molecule has 1 amide bonds. The molecule has 2 aliphatic rings. The molecule has 126 valence electrons. The van der Waals surface area contributed by atoms with E-state index in [0.717, 1.165) is 31.8 Å². The number of hydrogen-bond donors (Lipinski definition) is 0. The van der Waals surface area contributed by atoms with E-state index in [1.807, 2.05) is 0 Å². The average molecular weight is 320 g/mol. The number of hydrogen-bond acceptors (Lipinski definition) is 3. The van der Waals surface area contributed by atoms with Crippen molar-refractivity contribution in [3.63, 3.8) is 0 Å². The lowest BCUT2D eigenvalue weighted by atomic mass is 9.87. The SMILES string of the molecule is CCC(C)N1CCOCC2(CC(=O)N(c3ccc(F)cc3)C2)C1. The summed E-state index contributed by atoms with van der Waals surface area (Å²) in [6, 6.07) is 6.65. The van der Waals surface area contributed by atoms with Crippen LogP contribution in [0.4, 0.5) is 10.1 Å². The van der Waals surface area contributed by atoms with Gasteiger partial charge in [-0.05, 0) is 37.6 Å². The van der Waals surface area contributed by atoms with Crippen LogP contribution in [0.15, 0.2) is 24.3 Å². The Bertz CT molecular complexity index is 563. The topological polar surface area (TPSA) is 32.8 Å². The van der Waals surface area contributed by atoms with Crippen LogP contribution < -0.4 is 4.90 Å². The van der Waals surface area contributed by atoms with Crippen LogP contribution in [0.1, 0.15) is 26.7 Å². The molecule has 5 heteroatoms. The number of amides is 1. The van der Waals surface area contributed by atoms with Crippen LogP contribution in [-0.4, -0.2) is 49.7 Å². The van der Waals surface area contributed by atoms with Gasteiger partial charge in [-0.3, -0.25) is 9.69 Å². The molecule has 2 heterocycles. The fraction of sp³-hybridized carbons (Fsp3) is 0.611. The largest absolute Gasteiger partial charge is 0.379 e. The molecule has 1 spiro atoms. The second kappa shape index (κ2) is 6.57. The van der Waals surface area contributed by atoms with Crippen molar-refractivity contribution in [2.75, 3.05) is 37.7 Å². The lowest BCUT2D eigenvalue weighted by Crippen LogP contribution is -2.44. The molecule has 3 rings (SSSR count). The van der Waals surface area contributed by atoms with E-state index in [4.69, 9.17) is 4.74 Å². The summed E-state index contributed by atoms with van der Waals surface area (Å²) in [7, 11) is 0. The Morgan fingerprint density at radius 1 is 1.30 bits per heavy atom. The second-order valence-electron chi connectivity index (χ2n) is 6.91. The van der Waals surface area contributed by atoms with Gasteiger partial charge < -0.3 is 9.64 Å². The molecular formula is C18H25FN2O2. The molecule has 4 nitrogen and oxygen atoms in total. The fourth-order valence-electron chi connectivity index (χ4n) is 3.62. The Labute approximate surface area is 137 Å². The standard InChI is InChI=1S/C18H25FN2O2/c1-3-14(2)20-8-9-23-13-18(11-20)10-17(22)21(12-18)16-6-4-15(19)5-7-16/h4-7,14H,3,8-13H2,1-2H3. The van der Waals surface area contributed by atoms with E-state index in [0.29, 0.717) is 25.6 Å². The zero-order valence-corrected chi connectivity index (χ0v) is 13.9. The van der Waals surface area contributed by atoms with Gasteiger partial charge in [0.05, 0.1) is 13.2 Å². The van der Waals surface area contributed by atoms with Gasteiger partial charge in [-0.1, -0.05) is 6.92 Å². The van der Waals surface area contributed by atoms with Gasteiger partial charge in [-0.25, -0.2) is 4.39 Å². The highest BCUT2D eigenvalue weighted by Crippen LogP contribution is 2.37. The summed E-state index contributed by atoms with van der Waals surface area (Å²) in [6.07, 6.45) is 1.59. The first-order valence-electron chi connectivity index (χ1n) is 8.41. The van der Waals surface area contributed by atoms with E-state index in [1.54, 1.807) is 17.0 Å². The average Bonchev–Trinajstić information content (AvgIpc) is 2.73. The number of ether oxygens (including phenoxy) is 1. The zero-order valence-electron chi connectivity index (χ0n) is 13.9. The van der Waals surface area contributed by atoms with E-state index in [2.05, 4.69) is 18.7 Å². The highest BCUT2D eigenvalue weighted by atomic mass is 19.1. The number of rotatable bonds is 3. The molecule has 1 aromatic rings. The molecule has 2 saturated heterocycles. The summed E-state index contributed by atoms with van der Waals surface area (Å²) in [4.78, 5) is 16.8. The molecule has 2 aliphatic heterocycles.